The molecule has 1 saturated heterocycles. The van der Waals surface area contributed by atoms with Crippen LogP contribution in [0.4, 0.5) is 4.39 Å². The monoisotopic (exact) mass is 437 g/mol. The third-order valence-electron chi connectivity index (χ3n) is 4.93. The van der Waals surface area contributed by atoms with Gasteiger partial charge in [-0.25, -0.2) is 12.8 Å². The third-order valence-corrected chi connectivity index (χ3v) is 6.51. The van der Waals surface area contributed by atoms with E-state index in [1.54, 1.807) is 19.1 Å². The predicted molar refractivity (Wildman–Crippen MR) is 107 cm³/mol. The molecule has 2 amide bonds. The van der Waals surface area contributed by atoms with Gasteiger partial charge in [0.25, 0.3) is 5.91 Å². The first-order chi connectivity index (χ1) is 14.2. The Morgan fingerprint density at radius 2 is 1.83 bits per heavy atom. The van der Waals surface area contributed by atoms with Crippen LogP contribution in [0, 0.1) is 12.7 Å². The van der Waals surface area contributed by atoms with Crippen molar-refractivity contribution < 1.29 is 26.8 Å². The van der Waals surface area contributed by atoms with E-state index < -0.39 is 32.7 Å². The van der Waals surface area contributed by atoms with Gasteiger partial charge in [-0.05, 0) is 51.0 Å². The van der Waals surface area contributed by atoms with Gasteiger partial charge in [0.1, 0.15) is 16.5 Å². The summed E-state index contributed by atoms with van der Waals surface area (Å²) in [5, 5.41) is 2.88. The number of halogens is 1. The molecule has 0 unspecified atom stereocenters. The second kappa shape index (κ2) is 8.97. The zero-order valence-corrected chi connectivity index (χ0v) is 17.5. The van der Waals surface area contributed by atoms with Crippen molar-refractivity contribution >= 4 is 21.8 Å². The molecule has 0 aliphatic carbocycles. The van der Waals surface area contributed by atoms with E-state index >= 15 is 0 Å². The van der Waals surface area contributed by atoms with Crippen LogP contribution in [0.2, 0.25) is 0 Å². The lowest BCUT2D eigenvalue weighted by Crippen LogP contribution is -2.52. The topological polar surface area (TPSA) is 109 Å². The van der Waals surface area contributed by atoms with E-state index in [9.17, 15) is 22.4 Å². The lowest BCUT2D eigenvalue weighted by atomic mass is 10.0. The number of furan rings is 1. The fourth-order valence-electron chi connectivity index (χ4n) is 3.34. The number of hydrogen-bond donors (Lipinski definition) is 2. The van der Waals surface area contributed by atoms with Crippen molar-refractivity contribution in [2.24, 2.45) is 0 Å². The van der Waals surface area contributed by atoms with Gasteiger partial charge in [0.2, 0.25) is 15.9 Å². The smallest absolute Gasteiger partial charge is 0.287 e. The van der Waals surface area contributed by atoms with Gasteiger partial charge < -0.3 is 14.6 Å². The summed E-state index contributed by atoms with van der Waals surface area (Å²) < 4.78 is 46.1. The average Bonchev–Trinajstić information content (AvgIpc) is 3.14. The highest BCUT2D eigenvalue weighted by atomic mass is 32.2. The van der Waals surface area contributed by atoms with Crippen LogP contribution in [0.3, 0.4) is 0 Å². The number of benzene rings is 1. The molecule has 10 heteroatoms. The zero-order valence-electron chi connectivity index (χ0n) is 16.7. The highest BCUT2D eigenvalue weighted by molar-refractivity contribution is 7.89. The van der Waals surface area contributed by atoms with E-state index in [0.717, 1.165) is 12.1 Å². The van der Waals surface area contributed by atoms with Crippen LogP contribution in [0.25, 0.3) is 0 Å². The van der Waals surface area contributed by atoms with Crippen molar-refractivity contribution in [2.45, 2.75) is 43.7 Å². The van der Waals surface area contributed by atoms with Gasteiger partial charge in [-0.15, -0.1) is 0 Å². The van der Waals surface area contributed by atoms with Gasteiger partial charge >= 0.3 is 0 Å². The lowest BCUT2D eigenvalue weighted by molar-refractivity contribution is -0.133. The Balaban J connectivity index is 1.53. The molecular formula is C20H24FN3O5S. The molecule has 1 aromatic carbocycles. The molecule has 1 aliphatic rings. The quantitative estimate of drug-likeness (QED) is 0.717. The maximum atomic E-state index is 13.8. The second-order valence-corrected chi connectivity index (χ2v) is 8.94. The summed E-state index contributed by atoms with van der Waals surface area (Å²) in [6, 6.07) is 7.14. The van der Waals surface area contributed by atoms with Crippen LogP contribution in [0.15, 0.2) is 45.7 Å². The minimum Gasteiger partial charge on any atom is -0.456 e. The number of likely N-dealkylation sites (tertiary alicyclic amines) is 1. The molecule has 0 spiro atoms. The van der Waals surface area contributed by atoms with Crippen molar-refractivity contribution in [2.75, 3.05) is 13.1 Å². The van der Waals surface area contributed by atoms with Crippen LogP contribution in [-0.2, 0) is 14.8 Å². The molecule has 1 fully saturated rings. The van der Waals surface area contributed by atoms with Crippen molar-refractivity contribution in [3.63, 3.8) is 0 Å². The molecule has 1 aromatic heterocycles. The Labute approximate surface area is 174 Å². The highest BCUT2D eigenvalue weighted by Gasteiger charge is 2.30. The van der Waals surface area contributed by atoms with Crippen molar-refractivity contribution in [3.05, 3.63) is 53.7 Å². The molecule has 1 atom stereocenters. The average molecular weight is 437 g/mol. The number of nitrogens with one attached hydrogen (secondary N) is 2. The number of hydrogen-bond acceptors (Lipinski definition) is 5. The van der Waals surface area contributed by atoms with Crippen molar-refractivity contribution in [1.82, 2.24) is 14.9 Å². The van der Waals surface area contributed by atoms with E-state index in [0.29, 0.717) is 31.7 Å². The summed E-state index contributed by atoms with van der Waals surface area (Å²) in [7, 11) is -4.17. The van der Waals surface area contributed by atoms with Crippen LogP contribution in [0.1, 0.15) is 36.1 Å². The second-order valence-electron chi connectivity index (χ2n) is 7.26. The van der Waals surface area contributed by atoms with E-state index in [1.165, 1.54) is 24.0 Å². The van der Waals surface area contributed by atoms with Crippen LogP contribution < -0.4 is 10.0 Å². The predicted octanol–water partition coefficient (Wildman–Crippen LogP) is 1.81. The van der Waals surface area contributed by atoms with Crippen molar-refractivity contribution in [1.29, 1.82) is 0 Å². The summed E-state index contributed by atoms with van der Waals surface area (Å²) >= 11 is 0. The number of rotatable bonds is 6. The molecule has 0 bridgehead atoms. The zero-order chi connectivity index (χ0) is 21.9. The largest absolute Gasteiger partial charge is 0.456 e. The molecule has 0 saturated carbocycles. The first-order valence-electron chi connectivity index (χ1n) is 9.60. The molecule has 30 heavy (non-hydrogen) atoms. The minimum atomic E-state index is -4.17. The summed E-state index contributed by atoms with van der Waals surface area (Å²) in [6.45, 7) is 3.91. The first-order valence-corrected chi connectivity index (χ1v) is 11.1. The normalized spacial score (nSPS) is 16.3. The van der Waals surface area contributed by atoms with Crippen LogP contribution in [0.5, 0.6) is 0 Å². The molecule has 1 aliphatic heterocycles. The van der Waals surface area contributed by atoms with Gasteiger partial charge in [-0.3, -0.25) is 9.59 Å². The lowest BCUT2D eigenvalue weighted by Gasteiger charge is -2.33. The molecular weight excluding hydrogens is 413 g/mol. The molecule has 0 radical (unpaired) electrons. The molecule has 3 rings (SSSR count). The fraction of sp³-hybridized carbons (Fsp3) is 0.400. The number of sulfonamides is 1. The Morgan fingerprint density at radius 3 is 2.43 bits per heavy atom. The van der Waals surface area contributed by atoms with Gasteiger partial charge in [-0.1, -0.05) is 12.1 Å². The van der Waals surface area contributed by atoms with Gasteiger partial charge in [0.15, 0.2) is 5.76 Å². The summed E-state index contributed by atoms with van der Waals surface area (Å²) in [5.74, 6) is -0.706. The Morgan fingerprint density at radius 1 is 1.17 bits per heavy atom. The maximum Gasteiger partial charge on any atom is 0.287 e. The molecule has 8 nitrogen and oxygen atoms in total. The molecule has 2 heterocycles. The maximum absolute atomic E-state index is 13.8. The summed E-state index contributed by atoms with van der Waals surface area (Å²) in [4.78, 5) is 25.9. The van der Waals surface area contributed by atoms with Crippen molar-refractivity contribution in [3.8, 4) is 0 Å². The molecule has 2 aromatic rings. The standard InChI is InChI=1S/C20H24FN3O5S/c1-13-7-8-17(29-13)19(25)22-15-9-11-24(12-10-15)20(26)14(2)23-30(27,28)18-6-4-3-5-16(18)21/h3-8,14-15,23H,9-12H2,1-2H3,(H,22,25)/t14-/m0/s1. The van der Waals surface area contributed by atoms with E-state index in [1.807, 2.05) is 0 Å². The van der Waals surface area contributed by atoms with E-state index in [4.69, 9.17) is 4.42 Å². The number of piperidine rings is 1. The molecule has 162 valence electrons. The minimum absolute atomic E-state index is 0.114. The first kappa shape index (κ1) is 22.0. The Hall–Kier alpha value is -2.72. The summed E-state index contributed by atoms with van der Waals surface area (Å²) in [5.41, 5.74) is 0. The SMILES string of the molecule is Cc1ccc(C(=O)NC2CCN(C(=O)[C@H](C)NS(=O)(=O)c3ccccc3F)CC2)o1. The fourth-order valence-corrected chi connectivity index (χ4v) is 4.62. The third kappa shape index (κ3) is 5.06. The molecule has 2 N–H and O–H groups in total. The number of carbonyl (C=O) groups is 2. The highest BCUT2D eigenvalue weighted by Crippen LogP contribution is 2.16. The van der Waals surface area contributed by atoms with Gasteiger partial charge in [0, 0.05) is 19.1 Å². The number of nitrogens with zero attached hydrogens (tertiary/aromatic N) is 1. The van der Waals surface area contributed by atoms with Crippen LogP contribution >= 0.6 is 0 Å². The van der Waals surface area contributed by atoms with E-state index in [2.05, 4.69) is 10.0 Å². The Kier molecular flexibility index (Phi) is 6.57. The van der Waals surface area contributed by atoms with Gasteiger partial charge in [0.05, 0.1) is 6.04 Å². The van der Waals surface area contributed by atoms with Crippen LogP contribution in [-0.4, -0.2) is 50.3 Å². The summed E-state index contributed by atoms with van der Waals surface area (Å²) in [6.07, 6.45) is 1.06. The number of amides is 2. The van der Waals surface area contributed by atoms with E-state index in [-0.39, 0.29) is 17.7 Å². The Bertz CT molecular complexity index is 1030. The van der Waals surface area contributed by atoms with Gasteiger partial charge in [-0.2, -0.15) is 4.72 Å². The number of carbonyl (C=O) groups excluding carboxylic acids is 2. The number of aryl methyl sites for hydroxylation is 1.